The molecule has 7 heteroatoms. The van der Waals surface area contributed by atoms with E-state index >= 15 is 0 Å². The van der Waals surface area contributed by atoms with Crippen molar-refractivity contribution in [1.82, 2.24) is 9.71 Å². The lowest BCUT2D eigenvalue weighted by atomic mass is 10.1. The number of amides is 1. The molecule has 1 heterocycles. The van der Waals surface area contributed by atoms with Gasteiger partial charge in [0.25, 0.3) is 10.0 Å². The lowest BCUT2D eigenvalue weighted by Crippen LogP contribution is -2.30. The molecule has 0 aliphatic rings. The van der Waals surface area contributed by atoms with Crippen LogP contribution in [0.5, 0.6) is 0 Å². The molecule has 128 valence electrons. The molecule has 1 amide bonds. The normalized spacial score (nSPS) is 11.4. The Hall–Kier alpha value is -2.80. The zero-order chi connectivity index (χ0) is 17.9. The van der Waals surface area contributed by atoms with Crippen LogP contribution in [-0.4, -0.2) is 19.3 Å². The number of carbonyl (C=O) groups excluding carboxylic acids is 1. The number of carbonyl (C=O) groups is 1. The summed E-state index contributed by atoms with van der Waals surface area (Å²) in [5, 5.41) is 1.17. The van der Waals surface area contributed by atoms with Crippen LogP contribution in [-0.2, 0) is 21.2 Å². The van der Waals surface area contributed by atoms with Crippen molar-refractivity contribution in [2.75, 3.05) is 0 Å². The molecule has 3 rings (SSSR count). The van der Waals surface area contributed by atoms with Gasteiger partial charge in [-0.15, -0.1) is 0 Å². The number of pyridine rings is 1. The maximum Gasteiger partial charge on any atom is 0.264 e. The number of halogens is 1. The molecule has 0 bridgehead atoms. The van der Waals surface area contributed by atoms with Gasteiger partial charge in [0.05, 0.1) is 4.90 Å². The van der Waals surface area contributed by atoms with Crippen LogP contribution in [0.3, 0.4) is 0 Å². The van der Waals surface area contributed by atoms with E-state index in [-0.39, 0.29) is 17.1 Å². The summed E-state index contributed by atoms with van der Waals surface area (Å²) >= 11 is 0. The SMILES string of the molecule is O=C(CCc1ccc(F)cc1)NS(=O)(=O)c1cccc2cnccc12. The first kappa shape index (κ1) is 17.0. The Balaban J connectivity index is 1.74. The zero-order valence-corrected chi connectivity index (χ0v) is 14.0. The number of nitrogens with zero attached hydrogens (tertiary/aromatic N) is 1. The van der Waals surface area contributed by atoms with Gasteiger partial charge in [-0.05, 0) is 36.2 Å². The lowest BCUT2D eigenvalue weighted by molar-refractivity contribution is -0.119. The minimum Gasteiger partial charge on any atom is -0.274 e. The molecular formula is C18H15FN2O3S. The topological polar surface area (TPSA) is 76.1 Å². The summed E-state index contributed by atoms with van der Waals surface area (Å²) < 4.78 is 40.0. The first-order chi connectivity index (χ1) is 12.0. The quantitative estimate of drug-likeness (QED) is 0.761. The predicted octanol–water partition coefficient (Wildman–Crippen LogP) is 2.81. The third-order valence-corrected chi connectivity index (χ3v) is 5.16. The van der Waals surface area contributed by atoms with Crippen molar-refractivity contribution in [3.63, 3.8) is 0 Å². The monoisotopic (exact) mass is 358 g/mol. The first-order valence-corrected chi connectivity index (χ1v) is 9.07. The molecule has 0 spiro atoms. The summed E-state index contributed by atoms with van der Waals surface area (Å²) in [7, 11) is -3.98. The van der Waals surface area contributed by atoms with Crippen molar-refractivity contribution in [3.8, 4) is 0 Å². The second kappa shape index (κ2) is 6.98. The lowest BCUT2D eigenvalue weighted by Gasteiger charge is -2.09. The Bertz CT molecular complexity index is 1010. The molecule has 0 saturated carbocycles. The fourth-order valence-corrected chi connectivity index (χ4v) is 3.74. The molecule has 0 atom stereocenters. The van der Waals surface area contributed by atoms with Crippen LogP contribution in [0.25, 0.3) is 10.8 Å². The molecule has 0 saturated heterocycles. The van der Waals surface area contributed by atoms with Crippen LogP contribution in [0.2, 0.25) is 0 Å². The smallest absolute Gasteiger partial charge is 0.264 e. The fraction of sp³-hybridized carbons (Fsp3) is 0.111. The van der Waals surface area contributed by atoms with Crippen LogP contribution in [0.1, 0.15) is 12.0 Å². The molecule has 0 radical (unpaired) electrons. The number of aromatic nitrogens is 1. The van der Waals surface area contributed by atoms with Crippen molar-refractivity contribution in [1.29, 1.82) is 0 Å². The third-order valence-electron chi connectivity index (χ3n) is 3.73. The predicted molar refractivity (Wildman–Crippen MR) is 91.8 cm³/mol. The summed E-state index contributed by atoms with van der Waals surface area (Å²) in [5.74, 6) is -0.975. The number of hydrogen-bond donors (Lipinski definition) is 1. The first-order valence-electron chi connectivity index (χ1n) is 7.58. The van der Waals surface area contributed by atoms with E-state index in [1.807, 2.05) is 0 Å². The van der Waals surface area contributed by atoms with E-state index in [1.54, 1.807) is 36.5 Å². The number of benzene rings is 2. The maximum absolute atomic E-state index is 12.9. The summed E-state index contributed by atoms with van der Waals surface area (Å²) in [6.07, 6.45) is 3.36. The molecule has 0 fully saturated rings. The largest absolute Gasteiger partial charge is 0.274 e. The van der Waals surface area contributed by atoms with Gasteiger partial charge in [-0.2, -0.15) is 0 Å². The van der Waals surface area contributed by atoms with Gasteiger partial charge in [-0.3, -0.25) is 9.78 Å². The van der Waals surface area contributed by atoms with Crippen molar-refractivity contribution >= 4 is 26.7 Å². The molecular weight excluding hydrogens is 343 g/mol. The summed E-state index contributed by atoms with van der Waals surface area (Å²) in [6, 6.07) is 12.1. The summed E-state index contributed by atoms with van der Waals surface area (Å²) in [6.45, 7) is 0. The molecule has 0 aliphatic heterocycles. The van der Waals surface area contributed by atoms with Crippen molar-refractivity contribution in [2.24, 2.45) is 0 Å². The van der Waals surface area contributed by atoms with Gasteiger partial charge in [-0.25, -0.2) is 17.5 Å². The maximum atomic E-state index is 12.9. The van der Waals surface area contributed by atoms with Crippen molar-refractivity contribution < 1.29 is 17.6 Å². The molecule has 1 N–H and O–H groups in total. The highest BCUT2D eigenvalue weighted by atomic mass is 32.2. The summed E-state index contributed by atoms with van der Waals surface area (Å²) in [4.78, 5) is 16.0. The minimum atomic E-state index is -3.98. The van der Waals surface area contributed by atoms with Crippen LogP contribution in [0, 0.1) is 5.82 Å². The molecule has 1 aromatic heterocycles. The van der Waals surface area contributed by atoms with Gasteiger partial charge in [0.15, 0.2) is 0 Å². The molecule has 3 aromatic rings. The van der Waals surface area contributed by atoms with Crippen LogP contribution < -0.4 is 4.72 Å². The van der Waals surface area contributed by atoms with Crippen LogP contribution in [0.15, 0.2) is 65.8 Å². The van der Waals surface area contributed by atoms with E-state index < -0.39 is 15.9 Å². The van der Waals surface area contributed by atoms with Crippen molar-refractivity contribution in [2.45, 2.75) is 17.7 Å². The van der Waals surface area contributed by atoms with Gasteiger partial charge in [0.1, 0.15) is 5.82 Å². The second-order valence-corrected chi connectivity index (χ2v) is 7.16. The van der Waals surface area contributed by atoms with Gasteiger partial charge >= 0.3 is 0 Å². The summed E-state index contributed by atoms with van der Waals surface area (Å²) in [5.41, 5.74) is 0.755. The standard InChI is InChI=1S/C18H15FN2O3S/c19-15-7-4-13(5-8-15)6-9-18(22)21-25(23,24)17-3-1-2-14-12-20-11-10-16(14)17/h1-5,7-8,10-12H,6,9H2,(H,21,22). The number of sulfonamides is 1. The van der Waals surface area contributed by atoms with Gasteiger partial charge in [0, 0.05) is 29.6 Å². The third kappa shape index (κ3) is 4.00. The van der Waals surface area contributed by atoms with Crippen LogP contribution >= 0.6 is 0 Å². The minimum absolute atomic E-state index is 0.0167. The number of fused-ring (bicyclic) bond motifs is 1. The molecule has 2 aromatic carbocycles. The molecule has 0 unspecified atom stereocenters. The Morgan fingerprint density at radius 2 is 1.84 bits per heavy atom. The van der Waals surface area contributed by atoms with Gasteiger partial charge in [-0.1, -0.05) is 24.3 Å². The number of rotatable bonds is 5. The van der Waals surface area contributed by atoms with E-state index in [9.17, 15) is 17.6 Å². The van der Waals surface area contributed by atoms with Crippen LogP contribution in [0.4, 0.5) is 4.39 Å². The average molecular weight is 358 g/mol. The number of aryl methyl sites for hydroxylation is 1. The van der Waals surface area contributed by atoms with Gasteiger partial charge in [0.2, 0.25) is 5.91 Å². The molecule has 5 nitrogen and oxygen atoms in total. The Labute approximate surface area is 144 Å². The second-order valence-electron chi connectivity index (χ2n) is 5.51. The Kier molecular flexibility index (Phi) is 4.76. The van der Waals surface area contributed by atoms with E-state index in [0.717, 1.165) is 5.56 Å². The van der Waals surface area contributed by atoms with E-state index in [4.69, 9.17) is 0 Å². The highest BCUT2D eigenvalue weighted by Crippen LogP contribution is 2.21. The van der Waals surface area contributed by atoms with E-state index in [2.05, 4.69) is 9.71 Å². The fourth-order valence-electron chi connectivity index (χ4n) is 2.49. The average Bonchev–Trinajstić information content (AvgIpc) is 2.60. The van der Waals surface area contributed by atoms with E-state index in [1.165, 1.54) is 24.4 Å². The Morgan fingerprint density at radius 3 is 2.60 bits per heavy atom. The van der Waals surface area contributed by atoms with Crippen molar-refractivity contribution in [3.05, 3.63) is 72.3 Å². The highest BCUT2D eigenvalue weighted by Gasteiger charge is 2.20. The number of nitrogens with one attached hydrogen (secondary N) is 1. The zero-order valence-electron chi connectivity index (χ0n) is 13.1. The highest BCUT2D eigenvalue weighted by molar-refractivity contribution is 7.90. The Morgan fingerprint density at radius 1 is 1.08 bits per heavy atom. The van der Waals surface area contributed by atoms with Gasteiger partial charge < -0.3 is 0 Å². The molecule has 0 aliphatic carbocycles. The van der Waals surface area contributed by atoms with E-state index in [0.29, 0.717) is 17.2 Å². The molecule has 25 heavy (non-hydrogen) atoms. The number of hydrogen-bond acceptors (Lipinski definition) is 4.